The van der Waals surface area contributed by atoms with Gasteiger partial charge in [0.1, 0.15) is 0 Å². The van der Waals surface area contributed by atoms with Gasteiger partial charge < -0.3 is 11.5 Å². The van der Waals surface area contributed by atoms with Crippen molar-refractivity contribution in [2.45, 2.75) is 17.7 Å². The van der Waals surface area contributed by atoms with Gasteiger partial charge in [0.05, 0.1) is 5.69 Å². The van der Waals surface area contributed by atoms with E-state index in [-0.39, 0.29) is 0 Å². The molecule has 1 aromatic carbocycles. The topological polar surface area (TPSA) is 52.0 Å². The molecule has 0 atom stereocenters. The minimum atomic E-state index is 0.751. The number of anilines is 1. The van der Waals surface area contributed by atoms with Crippen LogP contribution in [0.1, 0.15) is 12.8 Å². The fourth-order valence-corrected chi connectivity index (χ4v) is 3.56. The van der Waals surface area contributed by atoms with E-state index in [4.69, 9.17) is 11.5 Å². The van der Waals surface area contributed by atoms with Gasteiger partial charge >= 0.3 is 0 Å². The predicted octanol–water partition coefficient (Wildman–Crippen LogP) is 3.62. The molecule has 4 N–H and O–H groups in total. The van der Waals surface area contributed by atoms with E-state index in [2.05, 4.69) is 31.9 Å². The van der Waals surface area contributed by atoms with Crippen LogP contribution in [0.25, 0.3) is 0 Å². The van der Waals surface area contributed by atoms with Crippen LogP contribution in [-0.2, 0) is 0 Å². The lowest BCUT2D eigenvalue weighted by Crippen LogP contribution is -1.98. The van der Waals surface area contributed by atoms with E-state index < -0.39 is 0 Å². The molecule has 0 saturated heterocycles. The number of halogens is 2. The molecule has 0 radical (unpaired) electrons. The number of hydrogen-bond donors (Lipinski definition) is 2. The Hall–Kier alpha value is 0.290. The summed E-state index contributed by atoms with van der Waals surface area (Å²) >= 11 is 8.69. The maximum atomic E-state index is 5.81. The van der Waals surface area contributed by atoms with Gasteiger partial charge in [-0.2, -0.15) is 0 Å². The quantitative estimate of drug-likeness (QED) is 0.482. The zero-order valence-corrected chi connectivity index (χ0v) is 12.3. The number of rotatable bonds is 5. The highest BCUT2D eigenvalue weighted by atomic mass is 79.9. The average molecular weight is 354 g/mol. The first-order chi connectivity index (χ1) is 7.15. The van der Waals surface area contributed by atoms with Crippen molar-refractivity contribution in [2.75, 3.05) is 18.0 Å². The summed E-state index contributed by atoms with van der Waals surface area (Å²) in [6.07, 6.45) is 2.24. The maximum Gasteiger partial charge on any atom is 0.0603 e. The number of benzene rings is 1. The van der Waals surface area contributed by atoms with E-state index >= 15 is 0 Å². The normalized spacial score (nSPS) is 10.6. The highest BCUT2D eigenvalue weighted by Gasteiger charge is 2.04. The largest absolute Gasteiger partial charge is 0.397 e. The van der Waals surface area contributed by atoms with Gasteiger partial charge in [-0.05, 0) is 69.1 Å². The third-order valence-corrected chi connectivity index (χ3v) is 4.29. The first kappa shape index (κ1) is 13.4. The fourth-order valence-electron chi connectivity index (χ4n) is 1.08. The van der Waals surface area contributed by atoms with Crippen LogP contribution in [-0.4, -0.2) is 12.3 Å². The molecule has 2 nitrogen and oxygen atoms in total. The van der Waals surface area contributed by atoms with Crippen molar-refractivity contribution in [1.82, 2.24) is 0 Å². The Balaban J connectivity index is 2.55. The van der Waals surface area contributed by atoms with E-state index in [1.165, 1.54) is 4.90 Å². The van der Waals surface area contributed by atoms with E-state index in [9.17, 15) is 0 Å². The van der Waals surface area contributed by atoms with Gasteiger partial charge in [-0.15, -0.1) is 11.8 Å². The summed E-state index contributed by atoms with van der Waals surface area (Å²) in [5, 5.41) is 0. The summed E-state index contributed by atoms with van der Waals surface area (Å²) in [6.45, 7) is 0.773. The lowest BCUT2D eigenvalue weighted by Gasteiger charge is -2.06. The Labute approximate surface area is 111 Å². The van der Waals surface area contributed by atoms with Crippen LogP contribution in [0.5, 0.6) is 0 Å². The molecule has 1 rings (SSSR count). The second-order valence-electron chi connectivity index (χ2n) is 3.14. The third kappa shape index (κ3) is 4.34. The van der Waals surface area contributed by atoms with Crippen LogP contribution in [0, 0.1) is 0 Å². The van der Waals surface area contributed by atoms with Gasteiger partial charge in [0.15, 0.2) is 0 Å². The molecule has 0 heterocycles. The van der Waals surface area contributed by atoms with Gasteiger partial charge in [0.2, 0.25) is 0 Å². The summed E-state index contributed by atoms with van der Waals surface area (Å²) in [4.78, 5) is 1.22. The van der Waals surface area contributed by atoms with Gasteiger partial charge in [0.25, 0.3) is 0 Å². The molecule has 0 unspecified atom stereocenters. The van der Waals surface area contributed by atoms with Crippen LogP contribution in [0.15, 0.2) is 26.0 Å². The summed E-state index contributed by atoms with van der Waals surface area (Å²) < 4.78 is 1.89. The van der Waals surface area contributed by atoms with E-state index in [0.717, 1.165) is 39.8 Å². The van der Waals surface area contributed by atoms with Crippen molar-refractivity contribution in [3.63, 3.8) is 0 Å². The first-order valence-electron chi connectivity index (χ1n) is 4.72. The zero-order valence-electron chi connectivity index (χ0n) is 8.30. The summed E-state index contributed by atoms with van der Waals surface area (Å²) in [7, 11) is 0. The van der Waals surface area contributed by atoms with E-state index in [1.807, 2.05) is 23.9 Å². The molecule has 0 aliphatic heterocycles. The van der Waals surface area contributed by atoms with Crippen molar-refractivity contribution in [2.24, 2.45) is 5.73 Å². The summed E-state index contributed by atoms with van der Waals surface area (Å²) in [5.41, 5.74) is 12.0. The Morgan fingerprint density at radius 2 is 1.73 bits per heavy atom. The van der Waals surface area contributed by atoms with E-state index in [1.54, 1.807) is 0 Å². The highest BCUT2D eigenvalue weighted by Crippen LogP contribution is 2.33. The molecule has 0 fully saturated rings. The number of hydrogen-bond acceptors (Lipinski definition) is 3. The molecule has 0 spiro atoms. The molecular formula is C10H14Br2N2S. The maximum absolute atomic E-state index is 5.81. The van der Waals surface area contributed by atoms with Crippen molar-refractivity contribution in [3.8, 4) is 0 Å². The molecule has 0 aromatic heterocycles. The standard InChI is InChI=1S/C10H14Br2N2S/c11-8-5-7(6-9(12)10(8)14)15-4-2-1-3-13/h5-6H,1-4,13-14H2. The van der Waals surface area contributed by atoms with Crippen molar-refractivity contribution in [3.05, 3.63) is 21.1 Å². The van der Waals surface area contributed by atoms with Gasteiger partial charge in [0, 0.05) is 13.8 Å². The molecule has 1 aromatic rings. The van der Waals surface area contributed by atoms with Crippen LogP contribution in [0.3, 0.4) is 0 Å². The highest BCUT2D eigenvalue weighted by molar-refractivity contribution is 9.11. The van der Waals surface area contributed by atoms with E-state index in [0.29, 0.717) is 0 Å². The average Bonchev–Trinajstić information content (AvgIpc) is 2.21. The SMILES string of the molecule is NCCCCSc1cc(Br)c(N)c(Br)c1. The molecule has 5 heteroatoms. The van der Waals surface area contributed by atoms with Crippen LogP contribution in [0.2, 0.25) is 0 Å². The molecule has 0 aliphatic rings. The minimum Gasteiger partial charge on any atom is -0.397 e. The zero-order chi connectivity index (χ0) is 11.3. The molecule has 0 bridgehead atoms. The van der Waals surface area contributed by atoms with Gasteiger partial charge in [-0.1, -0.05) is 0 Å². The Kier molecular flexibility index (Phi) is 6.04. The number of unbranched alkanes of at least 4 members (excludes halogenated alkanes) is 1. The smallest absolute Gasteiger partial charge is 0.0603 e. The molecule has 15 heavy (non-hydrogen) atoms. The minimum absolute atomic E-state index is 0.751. The Bertz CT molecular complexity index is 308. The third-order valence-electron chi connectivity index (χ3n) is 1.92. The number of nitrogens with two attached hydrogens (primary N) is 2. The Morgan fingerprint density at radius 1 is 1.13 bits per heavy atom. The molecular weight excluding hydrogens is 340 g/mol. The Morgan fingerprint density at radius 3 is 2.27 bits per heavy atom. The van der Waals surface area contributed by atoms with Crippen molar-refractivity contribution in [1.29, 1.82) is 0 Å². The van der Waals surface area contributed by atoms with Crippen LogP contribution < -0.4 is 11.5 Å². The second kappa shape index (κ2) is 6.78. The lowest BCUT2D eigenvalue weighted by atomic mass is 10.3. The van der Waals surface area contributed by atoms with Gasteiger partial charge in [-0.3, -0.25) is 0 Å². The number of nitrogen functional groups attached to an aromatic ring is 1. The van der Waals surface area contributed by atoms with Crippen molar-refractivity contribution < 1.29 is 0 Å². The summed E-state index contributed by atoms with van der Waals surface area (Å²) in [5.74, 6) is 1.10. The lowest BCUT2D eigenvalue weighted by molar-refractivity contribution is 0.814. The van der Waals surface area contributed by atoms with Gasteiger partial charge in [-0.25, -0.2) is 0 Å². The van der Waals surface area contributed by atoms with Crippen molar-refractivity contribution >= 4 is 49.3 Å². The van der Waals surface area contributed by atoms with Crippen LogP contribution in [0.4, 0.5) is 5.69 Å². The molecule has 84 valence electrons. The number of thioether (sulfide) groups is 1. The first-order valence-corrected chi connectivity index (χ1v) is 7.29. The fraction of sp³-hybridized carbons (Fsp3) is 0.400. The molecule has 0 saturated carbocycles. The second-order valence-corrected chi connectivity index (χ2v) is 6.02. The summed E-state index contributed by atoms with van der Waals surface area (Å²) in [6, 6.07) is 4.10. The van der Waals surface area contributed by atoms with Crippen LogP contribution >= 0.6 is 43.6 Å². The molecule has 0 amide bonds. The monoisotopic (exact) mass is 352 g/mol. The predicted molar refractivity (Wildman–Crippen MR) is 75.3 cm³/mol. The molecule has 0 aliphatic carbocycles.